The van der Waals surface area contributed by atoms with Gasteiger partial charge in [0.1, 0.15) is 6.10 Å². The van der Waals surface area contributed by atoms with Crippen molar-refractivity contribution in [2.24, 2.45) is 13.0 Å². The highest BCUT2D eigenvalue weighted by molar-refractivity contribution is 9.10. The van der Waals surface area contributed by atoms with Gasteiger partial charge in [-0.05, 0) is 35.2 Å². The number of nitrogens with zero attached hydrogens (tertiary/aromatic N) is 2. The second kappa shape index (κ2) is 3.82. The largest absolute Gasteiger partial charge is 0.386 e. The Morgan fingerprint density at radius 2 is 2.44 bits per heavy atom. The molecule has 5 heteroatoms. The van der Waals surface area contributed by atoms with E-state index < -0.39 is 6.10 Å². The van der Waals surface area contributed by atoms with Crippen LogP contribution >= 0.6 is 15.9 Å². The minimum absolute atomic E-state index is 0.227. The van der Waals surface area contributed by atoms with E-state index in [0.717, 1.165) is 29.4 Å². The summed E-state index contributed by atoms with van der Waals surface area (Å²) >= 11 is 3.43. The number of fused-ring (bicyclic) bond motifs is 2. The summed E-state index contributed by atoms with van der Waals surface area (Å²) in [6.45, 7) is 0. The average molecular weight is 287 g/mol. The highest BCUT2D eigenvalue weighted by Crippen LogP contribution is 2.45. The van der Waals surface area contributed by atoms with Gasteiger partial charge in [-0.3, -0.25) is 4.68 Å². The second-order valence-corrected chi connectivity index (χ2v) is 5.57. The number of ether oxygens (including phenoxy) is 1. The Bertz CT molecular complexity index is 387. The van der Waals surface area contributed by atoms with Crippen LogP contribution in [0.1, 0.15) is 31.1 Å². The lowest BCUT2D eigenvalue weighted by atomic mass is 9.84. The molecule has 2 fully saturated rings. The van der Waals surface area contributed by atoms with Crippen molar-refractivity contribution in [3.63, 3.8) is 0 Å². The SMILES string of the molecule is Cn1ncc(Br)c1C(O)C1CC2CCC1O2. The maximum absolute atomic E-state index is 10.4. The third-order valence-electron chi connectivity index (χ3n) is 3.78. The van der Waals surface area contributed by atoms with Gasteiger partial charge in [0.15, 0.2) is 0 Å². The average Bonchev–Trinajstić information content (AvgIpc) is 2.93. The molecule has 2 aliphatic rings. The smallest absolute Gasteiger partial charge is 0.102 e. The molecule has 0 saturated carbocycles. The normalized spacial score (nSPS) is 34.6. The summed E-state index contributed by atoms with van der Waals surface area (Å²) in [5.74, 6) is 0.227. The van der Waals surface area contributed by atoms with Crippen LogP contribution in [0.25, 0.3) is 0 Å². The number of hydrogen-bond acceptors (Lipinski definition) is 3. The predicted octanol–water partition coefficient (Wildman–Crippen LogP) is 1.78. The number of rotatable bonds is 2. The molecule has 2 saturated heterocycles. The zero-order valence-corrected chi connectivity index (χ0v) is 10.7. The van der Waals surface area contributed by atoms with Gasteiger partial charge in [-0.2, -0.15) is 5.10 Å². The van der Waals surface area contributed by atoms with Crippen LogP contribution in [-0.4, -0.2) is 27.1 Å². The van der Waals surface area contributed by atoms with E-state index in [2.05, 4.69) is 21.0 Å². The highest BCUT2D eigenvalue weighted by atomic mass is 79.9. The van der Waals surface area contributed by atoms with E-state index >= 15 is 0 Å². The van der Waals surface area contributed by atoms with Crippen LogP contribution < -0.4 is 0 Å². The van der Waals surface area contributed by atoms with Gasteiger partial charge >= 0.3 is 0 Å². The molecule has 3 heterocycles. The lowest BCUT2D eigenvalue weighted by molar-refractivity contribution is 0.0382. The van der Waals surface area contributed by atoms with Crippen LogP contribution in [0.15, 0.2) is 10.7 Å². The zero-order chi connectivity index (χ0) is 11.3. The Morgan fingerprint density at radius 3 is 2.94 bits per heavy atom. The third kappa shape index (κ3) is 1.53. The van der Waals surface area contributed by atoms with Gasteiger partial charge in [0.25, 0.3) is 0 Å². The minimum atomic E-state index is -0.475. The molecule has 4 unspecified atom stereocenters. The number of aryl methyl sites for hydroxylation is 1. The van der Waals surface area contributed by atoms with Gasteiger partial charge in [0, 0.05) is 13.0 Å². The Labute approximate surface area is 103 Å². The Balaban J connectivity index is 1.85. The monoisotopic (exact) mass is 286 g/mol. The first kappa shape index (κ1) is 10.7. The van der Waals surface area contributed by atoms with Crippen LogP contribution in [0.2, 0.25) is 0 Å². The van der Waals surface area contributed by atoms with Crippen molar-refractivity contribution >= 4 is 15.9 Å². The summed E-state index contributed by atoms with van der Waals surface area (Å²) in [7, 11) is 1.86. The molecule has 2 aliphatic heterocycles. The Morgan fingerprint density at radius 1 is 1.62 bits per heavy atom. The van der Waals surface area contributed by atoms with Crippen molar-refractivity contribution in [1.82, 2.24) is 9.78 Å². The number of aliphatic hydroxyl groups is 1. The molecular weight excluding hydrogens is 272 g/mol. The van der Waals surface area contributed by atoms with Crippen molar-refractivity contribution < 1.29 is 9.84 Å². The molecule has 0 radical (unpaired) electrons. The fourth-order valence-electron chi connectivity index (χ4n) is 2.97. The van der Waals surface area contributed by atoms with Crippen LogP contribution in [0.3, 0.4) is 0 Å². The van der Waals surface area contributed by atoms with E-state index in [9.17, 15) is 5.11 Å². The molecule has 3 rings (SSSR count). The fourth-order valence-corrected chi connectivity index (χ4v) is 3.55. The molecule has 0 aliphatic carbocycles. The summed E-state index contributed by atoms with van der Waals surface area (Å²) < 4.78 is 8.40. The maximum Gasteiger partial charge on any atom is 0.102 e. The lowest BCUT2D eigenvalue weighted by Crippen LogP contribution is -2.25. The van der Waals surface area contributed by atoms with Gasteiger partial charge in [0.2, 0.25) is 0 Å². The molecule has 2 bridgehead atoms. The van der Waals surface area contributed by atoms with Gasteiger partial charge in [-0.1, -0.05) is 0 Å². The van der Waals surface area contributed by atoms with Crippen LogP contribution in [0, 0.1) is 5.92 Å². The maximum atomic E-state index is 10.4. The van der Waals surface area contributed by atoms with E-state index in [0.29, 0.717) is 6.10 Å². The van der Waals surface area contributed by atoms with E-state index in [4.69, 9.17) is 4.74 Å². The summed E-state index contributed by atoms with van der Waals surface area (Å²) in [6, 6.07) is 0. The summed E-state index contributed by atoms with van der Waals surface area (Å²) in [6.07, 6.45) is 5.08. The van der Waals surface area contributed by atoms with E-state index in [-0.39, 0.29) is 12.0 Å². The zero-order valence-electron chi connectivity index (χ0n) is 9.14. The van der Waals surface area contributed by atoms with E-state index in [1.54, 1.807) is 10.9 Å². The lowest BCUT2D eigenvalue weighted by Gasteiger charge is -2.24. The first-order chi connectivity index (χ1) is 7.66. The van der Waals surface area contributed by atoms with Crippen LogP contribution in [0.4, 0.5) is 0 Å². The Kier molecular flexibility index (Phi) is 2.57. The fraction of sp³-hybridized carbons (Fsp3) is 0.727. The second-order valence-electron chi connectivity index (χ2n) is 4.72. The molecule has 1 N–H and O–H groups in total. The topological polar surface area (TPSA) is 47.3 Å². The van der Waals surface area contributed by atoms with E-state index in [1.807, 2.05) is 7.05 Å². The standard InChI is InChI=1S/C11H15BrN2O2/c1-14-10(8(12)5-13-14)11(15)7-4-6-2-3-9(7)16-6/h5-7,9,11,15H,2-4H2,1H3. The molecule has 88 valence electrons. The number of halogens is 1. The summed E-state index contributed by atoms with van der Waals surface area (Å²) in [4.78, 5) is 0. The number of aliphatic hydroxyl groups excluding tert-OH is 1. The third-order valence-corrected chi connectivity index (χ3v) is 4.39. The summed E-state index contributed by atoms with van der Waals surface area (Å²) in [5, 5.41) is 14.6. The highest BCUT2D eigenvalue weighted by Gasteiger charge is 2.45. The van der Waals surface area contributed by atoms with Gasteiger partial charge in [0.05, 0.1) is 28.6 Å². The Hall–Kier alpha value is -0.390. The molecular formula is C11H15BrN2O2. The molecule has 1 aromatic heterocycles. The van der Waals surface area contributed by atoms with Crippen LogP contribution in [0.5, 0.6) is 0 Å². The number of hydrogen-bond donors (Lipinski definition) is 1. The van der Waals surface area contributed by atoms with Gasteiger partial charge < -0.3 is 9.84 Å². The number of aromatic nitrogens is 2. The van der Waals surface area contributed by atoms with Gasteiger partial charge in [-0.25, -0.2) is 0 Å². The molecule has 1 aromatic rings. The minimum Gasteiger partial charge on any atom is -0.386 e. The molecule has 4 atom stereocenters. The predicted molar refractivity (Wildman–Crippen MR) is 61.9 cm³/mol. The van der Waals surface area contributed by atoms with Crippen molar-refractivity contribution in [2.45, 2.75) is 37.6 Å². The van der Waals surface area contributed by atoms with E-state index in [1.165, 1.54) is 0 Å². The molecule has 4 nitrogen and oxygen atoms in total. The molecule has 0 amide bonds. The van der Waals surface area contributed by atoms with Gasteiger partial charge in [-0.15, -0.1) is 0 Å². The summed E-state index contributed by atoms with van der Waals surface area (Å²) in [5.41, 5.74) is 0.862. The van der Waals surface area contributed by atoms with Crippen molar-refractivity contribution in [2.75, 3.05) is 0 Å². The van der Waals surface area contributed by atoms with Crippen molar-refractivity contribution in [3.8, 4) is 0 Å². The van der Waals surface area contributed by atoms with Crippen molar-refractivity contribution in [3.05, 3.63) is 16.4 Å². The first-order valence-corrected chi connectivity index (χ1v) is 6.47. The van der Waals surface area contributed by atoms with Crippen molar-refractivity contribution in [1.29, 1.82) is 0 Å². The quantitative estimate of drug-likeness (QED) is 0.902. The molecule has 0 spiro atoms. The van der Waals surface area contributed by atoms with Crippen LogP contribution in [-0.2, 0) is 11.8 Å². The molecule has 16 heavy (non-hydrogen) atoms. The first-order valence-electron chi connectivity index (χ1n) is 5.67. The molecule has 0 aromatic carbocycles.